The van der Waals surface area contributed by atoms with Crippen molar-refractivity contribution >= 4 is 34.0 Å². The Morgan fingerprint density at radius 3 is 2.69 bits per heavy atom. The molecule has 29 heavy (non-hydrogen) atoms. The number of thiophene rings is 1. The molecule has 1 N–H and O–H groups in total. The Kier molecular flexibility index (Phi) is 5.22. The highest BCUT2D eigenvalue weighted by molar-refractivity contribution is 7.12. The van der Waals surface area contributed by atoms with Gasteiger partial charge in [0.05, 0.1) is 10.4 Å². The molecule has 2 heterocycles. The van der Waals surface area contributed by atoms with E-state index in [0.717, 1.165) is 27.8 Å². The van der Waals surface area contributed by atoms with Gasteiger partial charge in [-0.25, -0.2) is 14.4 Å². The van der Waals surface area contributed by atoms with Gasteiger partial charge in [0.25, 0.3) is 5.91 Å². The fourth-order valence-corrected chi connectivity index (χ4v) is 3.94. The van der Waals surface area contributed by atoms with E-state index in [2.05, 4.69) is 15.3 Å². The zero-order chi connectivity index (χ0) is 20.4. The van der Waals surface area contributed by atoms with Gasteiger partial charge in [0.1, 0.15) is 18.0 Å². The van der Waals surface area contributed by atoms with E-state index in [1.807, 2.05) is 36.7 Å². The van der Waals surface area contributed by atoms with Crippen molar-refractivity contribution in [3.8, 4) is 11.1 Å². The number of halogens is 1. The maximum absolute atomic E-state index is 14.5. The third kappa shape index (κ3) is 3.82. The summed E-state index contributed by atoms with van der Waals surface area (Å²) < 4.78 is 14.5. The van der Waals surface area contributed by atoms with Crippen LogP contribution in [0.4, 0.5) is 10.2 Å². The Morgan fingerprint density at radius 1 is 1.14 bits per heavy atom. The molecule has 0 aliphatic rings. The lowest BCUT2D eigenvalue weighted by molar-refractivity contribution is 0.0788. The quantitative estimate of drug-likeness (QED) is 0.517. The van der Waals surface area contributed by atoms with Crippen molar-refractivity contribution in [3.63, 3.8) is 0 Å². The highest BCUT2D eigenvalue weighted by atomic mass is 32.1. The molecule has 0 fully saturated rings. The maximum Gasteiger partial charge on any atom is 0.263 e. The fraction of sp³-hybridized carbons (Fsp3) is 0.136. The van der Waals surface area contributed by atoms with E-state index in [-0.39, 0.29) is 18.3 Å². The number of rotatable bonds is 5. The smallest absolute Gasteiger partial charge is 0.263 e. The van der Waals surface area contributed by atoms with E-state index < -0.39 is 0 Å². The molecule has 0 unspecified atom stereocenters. The van der Waals surface area contributed by atoms with Gasteiger partial charge in [0.15, 0.2) is 0 Å². The third-order valence-corrected chi connectivity index (χ3v) is 5.60. The lowest BCUT2D eigenvalue weighted by Gasteiger charge is -2.17. The number of hydrogen-bond donors (Lipinski definition) is 1. The highest BCUT2D eigenvalue weighted by Crippen LogP contribution is 2.28. The minimum absolute atomic E-state index is 0.119. The second-order valence-electron chi connectivity index (χ2n) is 6.65. The Labute approximate surface area is 171 Å². The molecule has 4 aromatic rings. The SMILES string of the molecule is CNc1ncnc2ccc(-c3ccc(F)c(CN(C)C(=O)c4cccs4)c3)cc12. The van der Waals surface area contributed by atoms with Gasteiger partial charge < -0.3 is 10.2 Å². The molecule has 0 atom stereocenters. The van der Waals surface area contributed by atoms with E-state index in [4.69, 9.17) is 0 Å². The van der Waals surface area contributed by atoms with Gasteiger partial charge in [-0.05, 0) is 46.8 Å². The third-order valence-electron chi connectivity index (χ3n) is 4.74. The molecule has 2 aromatic heterocycles. The molecule has 0 bridgehead atoms. The van der Waals surface area contributed by atoms with Crippen LogP contribution in [0.25, 0.3) is 22.0 Å². The first-order valence-electron chi connectivity index (χ1n) is 9.07. The molecule has 146 valence electrons. The number of hydrogen-bond acceptors (Lipinski definition) is 5. The summed E-state index contributed by atoms with van der Waals surface area (Å²) in [6.45, 7) is 0.189. The van der Waals surface area contributed by atoms with Crippen LogP contribution >= 0.6 is 11.3 Å². The Morgan fingerprint density at radius 2 is 1.93 bits per heavy atom. The lowest BCUT2D eigenvalue weighted by atomic mass is 10.0. The summed E-state index contributed by atoms with van der Waals surface area (Å²) in [7, 11) is 3.49. The Balaban J connectivity index is 1.66. The topological polar surface area (TPSA) is 58.1 Å². The van der Waals surface area contributed by atoms with Crippen LogP contribution < -0.4 is 5.32 Å². The molecule has 7 heteroatoms. The van der Waals surface area contributed by atoms with Crippen molar-refractivity contribution in [2.75, 3.05) is 19.4 Å². The van der Waals surface area contributed by atoms with Crippen LogP contribution in [0.3, 0.4) is 0 Å². The number of carbonyl (C=O) groups excluding carboxylic acids is 1. The Hall–Kier alpha value is -3.32. The number of benzene rings is 2. The summed E-state index contributed by atoms with van der Waals surface area (Å²) in [6.07, 6.45) is 1.52. The van der Waals surface area contributed by atoms with Gasteiger partial charge in [0, 0.05) is 31.6 Å². The van der Waals surface area contributed by atoms with Crippen LogP contribution in [0, 0.1) is 5.82 Å². The number of aromatic nitrogens is 2. The van der Waals surface area contributed by atoms with Crippen molar-refractivity contribution < 1.29 is 9.18 Å². The minimum atomic E-state index is -0.334. The molecular weight excluding hydrogens is 387 g/mol. The van der Waals surface area contributed by atoms with E-state index in [1.54, 1.807) is 25.2 Å². The van der Waals surface area contributed by atoms with Gasteiger partial charge >= 0.3 is 0 Å². The molecular formula is C22H19FN4OS. The van der Waals surface area contributed by atoms with Crippen LogP contribution in [0.15, 0.2) is 60.2 Å². The molecule has 1 amide bonds. The molecule has 0 saturated heterocycles. The van der Waals surface area contributed by atoms with E-state index in [9.17, 15) is 9.18 Å². The number of nitrogens with zero attached hydrogens (tertiary/aromatic N) is 3. The Bertz CT molecular complexity index is 1180. The zero-order valence-corrected chi connectivity index (χ0v) is 16.8. The average molecular weight is 406 g/mol. The highest BCUT2D eigenvalue weighted by Gasteiger charge is 2.15. The molecule has 0 radical (unpaired) electrons. The van der Waals surface area contributed by atoms with Crippen molar-refractivity contribution in [2.24, 2.45) is 0 Å². The first-order valence-corrected chi connectivity index (χ1v) is 9.95. The van der Waals surface area contributed by atoms with Crippen LogP contribution in [-0.2, 0) is 6.54 Å². The lowest BCUT2D eigenvalue weighted by Crippen LogP contribution is -2.25. The summed E-state index contributed by atoms with van der Waals surface area (Å²) in [4.78, 5) is 23.2. The van der Waals surface area contributed by atoms with Gasteiger partial charge in [-0.1, -0.05) is 18.2 Å². The summed E-state index contributed by atoms with van der Waals surface area (Å²) in [5.74, 6) is 0.284. The molecule has 5 nitrogen and oxygen atoms in total. The second kappa shape index (κ2) is 7.97. The van der Waals surface area contributed by atoms with E-state index >= 15 is 0 Å². The zero-order valence-electron chi connectivity index (χ0n) is 16.0. The van der Waals surface area contributed by atoms with Crippen LogP contribution in [0.5, 0.6) is 0 Å². The normalized spacial score (nSPS) is 10.9. The molecule has 0 spiro atoms. The van der Waals surface area contributed by atoms with Gasteiger partial charge in [-0.3, -0.25) is 4.79 Å². The number of fused-ring (bicyclic) bond motifs is 1. The molecule has 4 rings (SSSR count). The largest absolute Gasteiger partial charge is 0.373 e. The summed E-state index contributed by atoms with van der Waals surface area (Å²) >= 11 is 1.38. The van der Waals surface area contributed by atoms with E-state index in [0.29, 0.717) is 10.4 Å². The second-order valence-corrected chi connectivity index (χ2v) is 7.60. The minimum Gasteiger partial charge on any atom is -0.373 e. The molecule has 0 saturated carbocycles. The number of amides is 1. The molecule has 2 aromatic carbocycles. The van der Waals surface area contributed by atoms with Crippen LogP contribution in [-0.4, -0.2) is 34.9 Å². The first-order chi connectivity index (χ1) is 14.1. The fourth-order valence-electron chi connectivity index (χ4n) is 3.23. The molecule has 0 aliphatic carbocycles. The summed E-state index contributed by atoms with van der Waals surface area (Å²) in [5.41, 5.74) is 3.09. The summed E-state index contributed by atoms with van der Waals surface area (Å²) in [5, 5.41) is 5.81. The predicted octanol–water partition coefficient (Wildman–Crippen LogP) is 4.81. The van der Waals surface area contributed by atoms with Crippen molar-refractivity contribution in [1.29, 1.82) is 0 Å². The number of nitrogens with one attached hydrogen (secondary N) is 1. The average Bonchev–Trinajstić information content (AvgIpc) is 3.28. The number of anilines is 1. The van der Waals surface area contributed by atoms with E-state index in [1.165, 1.54) is 28.6 Å². The van der Waals surface area contributed by atoms with Gasteiger partial charge in [0.2, 0.25) is 0 Å². The van der Waals surface area contributed by atoms with Gasteiger partial charge in [-0.2, -0.15) is 0 Å². The standard InChI is InChI=1S/C22H19FN4OS/c1-24-21-17-11-15(6-8-19(17)25-13-26-21)14-5-7-18(23)16(10-14)12-27(2)22(28)20-4-3-9-29-20/h3-11,13H,12H2,1-2H3,(H,24,25,26). The molecule has 0 aliphatic heterocycles. The first kappa shape index (κ1) is 19.0. The van der Waals surface area contributed by atoms with Crippen LogP contribution in [0.1, 0.15) is 15.2 Å². The maximum atomic E-state index is 14.5. The van der Waals surface area contributed by atoms with Crippen LogP contribution in [0.2, 0.25) is 0 Å². The predicted molar refractivity (Wildman–Crippen MR) is 115 cm³/mol. The van der Waals surface area contributed by atoms with Crippen molar-refractivity contribution in [2.45, 2.75) is 6.54 Å². The monoisotopic (exact) mass is 406 g/mol. The van der Waals surface area contributed by atoms with Crippen molar-refractivity contribution in [3.05, 3.63) is 76.5 Å². The van der Waals surface area contributed by atoms with Gasteiger partial charge in [-0.15, -0.1) is 11.3 Å². The summed E-state index contributed by atoms with van der Waals surface area (Å²) in [6, 6.07) is 14.4. The number of carbonyl (C=O) groups is 1. The van der Waals surface area contributed by atoms with Crippen molar-refractivity contribution in [1.82, 2.24) is 14.9 Å².